The van der Waals surface area contributed by atoms with Crippen LogP contribution in [0.15, 0.2) is 42.6 Å². The molecule has 1 aliphatic heterocycles. The van der Waals surface area contributed by atoms with E-state index in [-0.39, 0.29) is 6.04 Å². The molecule has 136 valence electrons. The third-order valence-corrected chi connectivity index (χ3v) is 4.90. The van der Waals surface area contributed by atoms with Crippen LogP contribution in [-0.4, -0.2) is 22.6 Å². The molecule has 0 radical (unpaired) electrons. The van der Waals surface area contributed by atoms with E-state index in [0.29, 0.717) is 5.92 Å². The Morgan fingerprint density at radius 1 is 1.08 bits per heavy atom. The topological polar surface area (TPSA) is 8.17 Å². The van der Waals surface area contributed by atoms with Gasteiger partial charge in [0.25, 0.3) is 0 Å². The summed E-state index contributed by atoms with van der Waals surface area (Å²) in [5, 5.41) is 0. The highest BCUT2D eigenvalue weighted by molar-refractivity contribution is 5.33. The Labute approximate surface area is 147 Å². The Balaban J connectivity index is 1.95. The molecule has 2 aromatic rings. The quantitative estimate of drug-likeness (QED) is 0.722. The largest absolute Gasteiger partial charge is 0.416 e. The van der Waals surface area contributed by atoms with Gasteiger partial charge in [0.1, 0.15) is 0 Å². The van der Waals surface area contributed by atoms with Crippen LogP contribution in [0.2, 0.25) is 0 Å². The zero-order valence-electron chi connectivity index (χ0n) is 14.8. The van der Waals surface area contributed by atoms with E-state index in [9.17, 15) is 13.2 Å². The van der Waals surface area contributed by atoms with Crippen LogP contribution in [0.3, 0.4) is 0 Å². The summed E-state index contributed by atoms with van der Waals surface area (Å²) in [4.78, 5) is 2.42. The molecular weight excluding hydrogens is 325 g/mol. The summed E-state index contributed by atoms with van der Waals surface area (Å²) in [6, 6.07) is 9.81. The molecule has 1 aromatic heterocycles. The van der Waals surface area contributed by atoms with Gasteiger partial charge in [0.2, 0.25) is 0 Å². The van der Waals surface area contributed by atoms with E-state index in [4.69, 9.17) is 0 Å². The number of alkyl halides is 3. The van der Waals surface area contributed by atoms with Gasteiger partial charge >= 0.3 is 6.18 Å². The fraction of sp³-hybridized carbons (Fsp3) is 0.500. The Morgan fingerprint density at radius 3 is 2.44 bits per heavy atom. The first-order valence-corrected chi connectivity index (χ1v) is 8.92. The maximum absolute atomic E-state index is 12.9. The number of hydrogen-bond acceptors (Lipinski definition) is 1. The van der Waals surface area contributed by atoms with E-state index in [1.165, 1.54) is 17.8 Å². The lowest BCUT2D eigenvalue weighted by Crippen LogP contribution is -2.31. The van der Waals surface area contributed by atoms with Crippen LogP contribution in [0.1, 0.15) is 49.6 Å². The molecule has 0 N–H and O–H groups in total. The molecule has 0 bridgehead atoms. The lowest BCUT2D eigenvalue weighted by Gasteiger charge is -2.31. The van der Waals surface area contributed by atoms with Gasteiger partial charge in [-0.3, -0.25) is 4.90 Å². The summed E-state index contributed by atoms with van der Waals surface area (Å²) in [5.41, 5.74) is 1.51. The highest BCUT2D eigenvalue weighted by atomic mass is 19.4. The summed E-state index contributed by atoms with van der Waals surface area (Å²) in [7, 11) is 0. The summed E-state index contributed by atoms with van der Waals surface area (Å²) < 4.78 is 40.9. The Kier molecular flexibility index (Phi) is 5.23. The van der Waals surface area contributed by atoms with E-state index in [1.54, 1.807) is 12.1 Å². The summed E-state index contributed by atoms with van der Waals surface area (Å²) in [6.45, 7) is 7.27. The van der Waals surface area contributed by atoms with Crippen molar-refractivity contribution in [3.05, 3.63) is 59.4 Å². The molecule has 0 spiro atoms. The first kappa shape index (κ1) is 18.1. The van der Waals surface area contributed by atoms with Crippen LogP contribution in [0.25, 0.3) is 0 Å². The molecule has 5 heteroatoms. The van der Waals surface area contributed by atoms with E-state index in [2.05, 4.69) is 35.6 Å². The molecule has 0 aliphatic carbocycles. The fourth-order valence-corrected chi connectivity index (χ4v) is 3.54. The molecule has 2 heterocycles. The third kappa shape index (κ3) is 4.09. The van der Waals surface area contributed by atoms with Crippen molar-refractivity contribution in [3.8, 4) is 0 Å². The monoisotopic (exact) mass is 350 g/mol. The maximum Gasteiger partial charge on any atom is 0.416 e. The number of rotatable bonds is 4. The van der Waals surface area contributed by atoms with Crippen LogP contribution >= 0.6 is 0 Å². The molecule has 2 nitrogen and oxygen atoms in total. The van der Waals surface area contributed by atoms with Crippen LogP contribution in [0.4, 0.5) is 13.2 Å². The van der Waals surface area contributed by atoms with Gasteiger partial charge in [0.15, 0.2) is 0 Å². The molecule has 3 rings (SSSR count). The normalized spacial score (nSPS) is 19.0. The molecule has 0 saturated heterocycles. The number of benzene rings is 1. The highest BCUT2D eigenvalue weighted by Crippen LogP contribution is 2.35. The lowest BCUT2D eigenvalue weighted by atomic mass is 9.99. The molecule has 1 aromatic carbocycles. The molecule has 1 atom stereocenters. The van der Waals surface area contributed by atoms with Crippen molar-refractivity contribution >= 4 is 0 Å². The van der Waals surface area contributed by atoms with E-state index in [1.807, 2.05) is 6.07 Å². The minimum Gasteiger partial charge on any atom is -0.350 e. The standard InChI is InChI=1S/C20H25F3N2/c1-15(2)10-14-25-13-4-12-24-11-3-5-18(24)19(25)16-6-8-17(9-7-16)20(21,22)23/h3,5-9,11,15,19H,4,10,12-14H2,1-2H3/t19-/m1/s1. The first-order chi connectivity index (χ1) is 11.9. The van der Waals surface area contributed by atoms with Gasteiger partial charge in [-0.15, -0.1) is 0 Å². The summed E-state index contributed by atoms with van der Waals surface area (Å²) in [6.07, 6.45) is -0.0906. The first-order valence-electron chi connectivity index (χ1n) is 8.92. The fourth-order valence-electron chi connectivity index (χ4n) is 3.54. The maximum atomic E-state index is 12.9. The van der Waals surface area contributed by atoms with Crippen molar-refractivity contribution < 1.29 is 13.2 Å². The number of aryl methyl sites for hydroxylation is 1. The zero-order chi connectivity index (χ0) is 18.0. The van der Waals surface area contributed by atoms with Gasteiger partial charge in [0.05, 0.1) is 11.6 Å². The molecule has 0 fully saturated rings. The average molecular weight is 350 g/mol. The van der Waals surface area contributed by atoms with Gasteiger partial charge in [0, 0.05) is 25.0 Å². The Hall–Kier alpha value is -1.75. The number of fused-ring (bicyclic) bond motifs is 1. The number of hydrogen-bond donors (Lipinski definition) is 0. The van der Waals surface area contributed by atoms with Crippen molar-refractivity contribution in [1.29, 1.82) is 0 Å². The molecular formula is C20H25F3N2. The summed E-state index contributed by atoms with van der Waals surface area (Å²) in [5.74, 6) is 0.600. The van der Waals surface area contributed by atoms with Crippen molar-refractivity contribution in [3.63, 3.8) is 0 Å². The van der Waals surface area contributed by atoms with Crippen molar-refractivity contribution in [1.82, 2.24) is 9.47 Å². The van der Waals surface area contributed by atoms with Gasteiger partial charge in [-0.2, -0.15) is 13.2 Å². The van der Waals surface area contributed by atoms with Crippen LogP contribution in [-0.2, 0) is 12.7 Å². The lowest BCUT2D eigenvalue weighted by molar-refractivity contribution is -0.137. The van der Waals surface area contributed by atoms with Crippen molar-refractivity contribution in [2.45, 2.75) is 45.5 Å². The third-order valence-electron chi connectivity index (χ3n) is 4.90. The highest BCUT2D eigenvalue weighted by Gasteiger charge is 2.32. The smallest absolute Gasteiger partial charge is 0.350 e. The predicted molar refractivity (Wildman–Crippen MR) is 93.4 cm³/mol. The molecule has 0 unspecified atom stereocenters. The van der Waals surface area contributed by atoms with E-state index < -0.39 is 11.7 Å². The van der Waals surface area contributed by atoms with Crippen LogP contribution in [0, 0.1) is 5.92 Å². The molecule has 0 amide bonds. The molecule has 0 saturated carbocycles. The van der Waals surface area contributed by atoms with Crippen LogP contribution < -0.4 is 0 Å². The predicted octanol–water partition coefficient (Wildman–Crippen LogP) is 5.35. The van der Waals surface area contributed by atoms with Gasteiger partial charge in [-0.05, 0) is 55.1 Å². The van der Waals surface area contributed by atoms with Gasteiger partial charge in [-0.25, -0.2) is 0 Å². The minimum atomic E-state index is -4.29. The number of nitrogens with zero attached hydrogens (tertiary/aromatic N) is 2. The van der Waals surface area contributed by atoms with E-state index >= 15 is 0 Å². The number of halogens is 3. The second-order valence-corrected chi connectivity index (χ2v) is 7.22. The minimum absolute atomic E-state index is 0.0125. The second kappa shape index (κ2) is 7.24. The molecule has 25 heavy (non-hydrogen) atoms. The van der Waals surface area contributed by atoms with Gasteiger partial charge < -0.3 is 4.57 Å². The summed E-state index contributed by atoms with van der Waals surface area (Å²) >= 11 is 0. The molecule has 1 aliphatic rings. The zero-order valence-corrected chi connectivity index (χ0v) is 14.8. The van der Waals surface area contributed by atoms with Gasteiger partial charge in [-0.1, -0.05) is 26.0 Å². The average Bonchev–Trinajstić information content (AvgIpc) is 2.93. The van der Waals surface area contributed by atoms with Crippen molar-refractivity contribution in [2.24, 2.45) is 5.92 Å². The Morgan fingerprint density at radius 2 is 1.80 bits per heavy atom. The second-order valence-electron chi connectivity index (χ2n) is 7.22. The van der Waals surface area contributed by atoms with Crippen LogP contribution in [0.5, 0.6) is 0 Å². The van der Waals surface area contributed by atoms with E-state index in [0.717, 1.165) is 38.0 Å². The van der Waals surface area contributed by atoms with Crippen molar-refractivity contribution in [2.75, 3.05) is 13.1 Å². The SMILES string of the molecule is CC(C)CCN1CCCn2cccc2[C@H]1c1ccc(C(F)(F)F)cc1. The Bertz CT molecular complexity index is 686. The number of aromatic nitrogens is 1.